The van der Waals surface area contributed by atoms with E-state index in [0.29, 0.717) is 11.8 Å². The molecule has 0 radical (unpaired) electrons. The van der Waals surface area contributed by atoms with Crippen LogP contribution < -0.4 is 4.90 Å². The summed E-state index contributed by atoms with van der Waals surface area (Å²) in [5.74, 6) is 2.01. The number of imidazole rings is 1. The van der Waals surface area contributed by atoms with Gasteiger partial charge in [0.15, 0.2) is 17.0 Å². The van der Waals surface area contributed by atoms with Crippen LogP contribution in [0.15, 0.2) is 43.0 Å². The summed E-state index contributed by atoms with van der Waals surface area (Å²) in [5.41, 5.74) is 2.48. The van der Waals surface area contributed by atoms with Crippen LogP contribution in [-0.4, -0.2) is 56.5 Å². The van der Waals surface area contributed by atoms with E-state index < -0.39 is 0 Å². The number of likely N-dealkylation sites (tertiary alicyclic amines) is 1. The van der Waals surface area contributed by atoms with Crippen molar-refractivity contribution >= 4 is 22.9 Å². The number of carbonyl (C=O) groups is 1. The molecule has 2 atom stereocenters. The standard InChI is InChI=1S/C19H20N6O/c1-23-12-22-16-17(23)20-11-21-18(16)24-7-14-9-25(10-15(14)8-24)19(26)13-5-3-2-4-6-13/h2-6,11-12,14-15H,7-10H2,1H3. The lowest BCUT2D eigenvalue weighted by Gasteiger charge is -2.22. The Kier molecular flexibility index (Phi) is 3.41. The highest BCUT2D eigenvalue weighted by atomic mass is 16.2. The lowest BCUT2D eigenvalue weighted by atomic mass is 10.0. The van der Waals surface area contributed by atoms with Gasteiger partial charge in [0, 0.05) is 50.6 Å². The number of fused-ring (bicyclic) bond motifs is 2. The highest BCUT2D eigenvalue weighted by Gasteiger charge is 2.42. The van der Waals surface area contributed by atoms with Crippen molar-refractivity contribution in [3.8, 4) is 0 Å². The fraction of sp³-hybridized carbons (Fsp3) is 0.368. The van der Waals surface area contributed by atoms with Gasteiger partial charge >= 0.3 is 0 Å². The summed E-state index contributed by atoms with van der Waals surface area (Å²) in [4.78, 5) is 30.3. The summed E-state index contributed by atoms with van der Waals surface area (Å²) in [6.07, 6.45) is 3.39. The Balaban J connectivity index is 1.33. The predicted octanol–water partition coefficient (Wildman–Crippen LogP) is 1.57. The zero-order valence-electron chi connectivity index (χ0n) is 14.6. The number of aryl methyl sites for hydroxylation is 1. The summed E-state index contributed by atoms with van der Waals surface area (Å²) in [7, 11) is 1.94. The molecule has 2 aromatic heterocycles. The van der Waals surface area contributed by atoms with E-state index in [1.165, 1.54) is 0 Å². The average Bonchev–Trinajstić information content (AvgIpc) is 3.35. The van der Waals surface area contributed by atoms with Gasteiger partial charge in [-0.1, -0.05) is 18.2 Å². The molecule has 0 bridgehead atoms. The van der Waals surface area contributed by atoms with E-state index in [9.17, 15) is 4.79 Å². The number of carbonyl (C=O) groups excluding carboxylic acids is 1. The van der Waals surface area contributed by atoms with Gasteiger partial charge in [-0.3, -0.25) is 4.79 Å². The summed E-state index contributed by atoms with van der Waals surface area (Å²) in [6, 6.07) is 9.55. The van der Waals surface area contributed by atoms with Gasteiger partial charge in [0.2, 0.25) is 0 Å². The van der Waals surface area contributed by atoms with Gasteiger partial charge in [0.25, 0.3) is 5.91 Å². The first-order chi connectivity index (χ1) is 12.7. The topological polar surface area (TPSA) is 67.2 Å². The Morgan fingerprint density at radius 2 is 1.73 bits per heavy atom. The zero-order chi connectivity index (χ0) is 17.7. The first kappa shape index (κ1) is 15.3. The second kappa shape index (κ2) is 5.79. The van der Waals surface area contributed by atoms with E-state index >= 15 is 0 Å². The fourth-order valence-electron chi connectivity index (χ4n) is 4.26. The van der Waals surface area contributed by atoms with Gasteiger partial charge in [0.05, 0.1) is 6.33 Å². The molecule has 132 valence electrons. The van der Waals surface area contributed by atoms with Crippen LogP contribution in [0.1, 0.15) is 10.4 Å². The minimum atomic E-state index is 0.140. The number of benzene rings is 1. The largest absolute Gasteiger partial charge is 0.354 e. The highest BCUT2D eigenvalue weighted by molar-refractivity contribution is 5.94. The van der Waals surface area contributed by atoms with E-state index in [0.717, 1.165) is 48.7 Å². The molecule has 2 aliphatic heterocycles. The maximum absolute atomic E-state index is 12.7. The van der Waals surface area contributed by atoms with Crippen molar-refractivity contribution in [3.63, 3.8) is 0 Å². The fourth-order valence-corrected chi connectivity index (χ4v) is 4.26. The minimum Gasteiger partial charge on any atom is -0.354 e. The van der Waals surface area contributed by atoms with E-state index in [-0.39, 0.29) is 5.91 Å². The van der Waals surface area contributed by atoms with E-state index in [1.54, 1.807) is 12.7 Å². The van der Waals surface area contributed by atoms with Crippen LogP contribution in [0.4, 0.5) is 5.82 Å². The molecule has 1 amide bonds. The second-order valence-corrected chi connectivity index (χ2v) is 7.23. The molecule has 7 nitrogen and oxygen atoms in total. The molecule has 5 rings (SSSR count). The molecule has 2 unspecified atom stereocenters. The van der Waals surface area contributed by atoms with Crippen LogP contribution >= 0.6 is 0 Å². The Bertz CT molecular complexity index is 955. The number of nitrogens with zero attached hydrogens (tertiary/aromatic N) is 6. The molecule has 7 heteroatoms. The molecule has 0 N–H and O–H groups in total. The van der Waals surface area contributed by atoms with Crippen molar-refractivity contribution in [2.45, 2.75) is 0 Å². The molecule has 3 aromatic rings. The van der Waals surface area contributed by atoms with Gasteiger partial charge in [0.1, 0.15) is 6.33 Å². The highest BCUT2D eigenvalue weighted by Crippen LogP contribution is 2.35. The van der Waals surface area contributed by atoms with Gasteiger partial charge in [-0.15, -0.1) is 0 Å². The van der Waals surface area contributed by atoms with Crippen LogP contribution in [-0.2, 0) is 7.05 Å². The Morgan fingerprint density at radius 1 is 1.00 bits per heavy atom. The summed E-state index contributed by atoms with van der Waals surface area (Å²) in [6.45, 7) is 3.44. The van der Waals surface area contributed by atoms with Gasteiger partial charge < -0.3 is 14.4 Å². The molecule has 26 heavy (non-hydrogen) atoms. The van der Waals surface area contributed by atoms with Crippen LogP contribution in [0.3, 0.4) is 0 Å². The third-order valence-corrected chi connectivity index (χ3v) is 5.57. The number of hydrogen-bond acceptors (Lipinski definition) is 5. The molecule has 2 fully saturated rings. The molecule has 1 aromatic carbocycles. The van der Waals surface area contributed by atoms with Crippen molar-refractivity contribution in [2.75, 3.05) is 31.1 Å². The second-order valence-electron chi connectivity index (χ2n) is 7.23. The van der Waals surface area contributed by atoms with Crippen molar-refractivity contribution in [1.82, 2.24) is 24.4 Å². The number of aromatic nitrogens is 4. The number of amides is 1. The first-order valence-corrected chi connectivity index (χ1v) is 8.92. The minimum absolute atomic E-state index is 0.140. The van der Waals surface area contributed by atoms with Crippen LogP contribution in [0.2, 0.25) is 0 Å². The summed E-state index contributed by atoms with van der Waals surface area (Å²) < 4.78 is 1.91. The van der Waals surface area contributed by atoms with E-state index in [2.05, 4.69) is 19.9 Å². The molecule has 0 spiro atoms. The number of anilines is 1. The van der Waals surface area contributed by atoms with Crippen molar-refractivity contribution in [3.05, 3.63) is 48.5 Å². The third kappa shape index (κ3) is 2.34. The van der Waals surface area contributed by atoms with Crippen molar-refractivity contribution < 1.29 is 4.79 Å². The Morgan fingerprint density at radius 3 is 2.46 bits per heavy atom. The SMILES string of the molecule is Cn1cnc2c(N3CC4CN(C(=O)c5ccccc5)CC4C3)ncnc21. The quantitative estimate of drug-likeness (QED) is 0.703. The van der Waals surface area contributed by atoms with Crippen molar-refractivity contribution in [1.29, 1.82) is 0 Å². The monoisotopic (exact) mass is 348 g/mol. The first-order valence-electron chi connectivity index (χ1n) is 8.92. The molecule has 2 aliphatic rings. The summed E-state index contributed by atoms with van der Waals surface area (Å²) >= 11 is 0. The lowest BCUT2D eigenvalue weighted by Crippen LogP contribution is -2.33. The molecule has 4 heterocycles. The van der Waals surface area contributed by atoms with Crippen LogP contribution in [0.25, 0.3) is 11.2 Å². The van der Waals surface area contributed by atoms with Crippen molar-refractivity contribution in [2.24, 2.45) is 18.9 Å². The average molecular weight is 348 g/mol. The van der Waals surface area contributed by atoms with Gasteiger partial charge in [-0.05, 0) is 12.1 Å². The maximum atomic E-state index is 12.7. The molecule has 0 saturated carbocycles. The molecular weight excluding hydrogens is 328 g/mol. The smallest absolute Gasteiger partial charge is 0.253 e. The number of hydrogen-bond donors (Lipinski definition) is 0. The maximum Gasteiger partial charge on any atom is 0.253 e. The lowest BCUT2D eigenvalue weighted by molar-refractivity contribution is 0.0782. The van der Waals surface area contributed by atoms with Gasteiger partial charge in [-0.2, -0.15) is 0 Å². The molecule has 2 saturated heterocycles. The zero-order valence-corrected chi connectivity index (χ0v) is 14.6. The van der Waals surface area contributed by atoms with E-state index in [4.69, 9.17) is 0 Å². The molecule has 0 aliphatic carbocycles. The normalized spacial score (nSPS) is 22.2. The van der Waals surface area contributed by atoms with E-state index in [1.807, 2.05) is 46.8 Å². The Hall–Kier alpha value is -2.96. The third-order valence-electron chi connectivity index (χ3n) is 5.57. The molecular formula is C19H20N6O. The van der Waals surface area contributed by atoms with Crippen LogP contribution in [0, 0.1) is 11.8 Å². The number of rotatable bonds is 2. The van der Waals surface area contributed by atoms with Gasteiger partial charge in [-0.25, -0.2) is 15.0 Å². The Labute approximate surface area is 151 Å². The van der Waals surface area contributed by atoms with Crippen LogP contribution in [0.5, 0.6) is 0 Å². The predicted molar refractivity (Wildman–Crippen MR) is 97.8 cm³/mol. The summed E-state index contributed by atoms with van der Waals surface area (Å²) in [5, 5.41) is 0.